The molecule has 6 atom stereocenters. The molecule has 2 aliphatic carbocycles. The van der Waals surface area contributed by atoms with Crippen molar-refractivity contribution in [2.45, 2.75) is 89.3 Å². The lowest BCUT2D eigenvalue weighted by atomic mass is 9.63. The fourth-order valence-electron chi connectivity index (χ4n) is 6.29. The normalized spacial score (nSPS) is 29.4. The van der Waals surface area contributed by atoms with E-state index in [4.69, 9.17) is 0 Å². The Morgan fingerprint density at radius 3 is 1.29 bits per heavy atom. The Morgan fingerprint density at radius 1 is 0.605 bits per heavy atom. The van der Waals surface area contributed by atoms with Crippen molar-refractivity contribution >= 4 is 0 Å². The molecule has 2 bridgehead atoms. The summed E-state index contributed by atoms with van der Waals surface area (Å²) < 4.78 is 182. The van der Waals surface area contributed by atoms with Gasteiger partial charge in [-0.3, -0.25) is 0 Å². The first kappa shape index (κ1) is 33.2. The van der Waals surface area contributed by atoms with Crippen molar-refractivity contribution in [3.8, 4) is 0 Å². The molecule has 0 radical (unpaired) electrons. The minimum absolute atomic E-state index is 0.103. The summed E-state index contributed by atoms with van der Waals surface area (Å²) in [7, 11) is 0. The maximum Gasteiger partial charge on any atom is 0.426 e. The van der Waals surface area contributed by atoms with Crippen LogP contribution in [0.2, 0.25) is 0 Å². The zero-order chi connectivity index (χ0) is 29.5. The topological polar surface area (TPSA) is 27.7 Å². The first-order valence-electron chi connectivity index (χ1n) is 12.2. The summed E-state index contributed by atoms with van der Waals surface area (Å²) in [5.41, 5.74) is -9.60. The van der Waals surface area contributed by atoms with Crippen molar-refractivity contribution in [3.63, 3.8) is 0 Å². The molecular formula is C23H32F12O3. The van der Waals surface area contributed by atoms with Gasteiger partial charge in [0.15, 0.2) is 0 Å². The highest BCUT2D eigenvalue weighted by Crippen LogP contribution is 2.65. The third kappa shape index (κ3) is 5.75. The van der Waals surface area contributed by atoms with E-state index in [9.17, 15) is 52.7 Å². The zero-order valence-electron chi connectivity index (χ0n) is 21.2. The van der Waals surface area contributed by atoms with Crippen LogP contribution in [0.5, 0.6) is 0 Å². The van der Waals surface area contributed by atoms with Crippen LogP contribution in [-0.4, -0.2) is 55.9 Å². The molecule has 0 spiro atoms. The van der Waals surface area contributed by atoms with Crippen molar-refractivity contribution in [1.29, 1.82) is 0 Å². The molecule has 0 aromatic rings. The monoisotopic (exact) mass is 584 g/mol. The van der Waals surface area contributed by atoms with Crippen molar-refractivity contribution in [3.05, 3.63) is 0 Å². The molecule has 0 amide bonds. The quantitative estimate of drug-likeness (QED) is 0.140. The Kier molecular flexibility index (Phi) is 9.74. The van der Waals surface area contributed by atoms with Crippen LogP contribution in [0.1, 0.15) is 53.4 Å². The SMILES string of the molecule is CCCOC(CC1C2CC(C(C)C2C)C1CC(OCOCC)(C(F)(F)F)C(F)(F)F)(C(F)(F)F)C(F)(F)F. The summed E-state index contributed by atoms with van der Waals surface area (Å²) in [6, 6.07) is 0. The fraction of sp³-hybridized carbons (Fsp3) is 1.00. The average Bonchev–Trinajstić information content (AvgIpc) is 3.22. The first-order valence-corrected chi connectivity index (χ1v) is 12.2. The number of fused-ring (bicyclic) bond motifs is 2. The molecule has 0 aliphatic heterocycles. The summed E-state index contributed by atoms with van der Waals surface area (Å²) in [6.07, 6.45) is -28.3. The van der Waals surface area contributed by atoms with Crippen LogP contribution in [0.25, 0.3) is 0 Å². The summed E-state index contributed by atoms with van der Waals surface area (Å²) in [4.78, 5) is 0. The van der Waals surface area contributed by atoms with Gasteiger partial charge in [0.1, 0.15) is 6.79 Å². The molecule has 0 saturated heterocycles. The van der Waals surface area contributed by atoms with Gasteiger partial charge in [0.05, 0.1) is 0 Å². The lowest BCUT2D eigenvalue weighted by Crippen LogP contribution is -2.62. The number of hydrogen-bond donors (Lipinski definition) is 0. The van der Waals surface area contributed by atoms with E-state index in [0.29, 0.717) is 0 Å². The second-order valence-corrected chi connectivity index (χ2v) is 10.3. The molecule has 0 aromatic heterocycles. The van der Waals surface area contributed by atoms with Gasteiger partial charge in [0.2, 0.25) is 0 Å². The van der Waals surface area contributed by atoms with Crippen LogP contribution in [-0.2, 0) is 14.2 Å². The van der Waals surface area contributed by atoms with Gasteiger partial charge in [0, 0.05) is 13.2 Å². The van der Waals surface area contributed by atoms with E-state index in [0.717, 1.165) is 0 Å². The van der Waals surface area contributed by atoms with E-state index in [1.54, 1.807) is 0 Å². The summed E-state index contributed by atoms with van der Waals surface area (Å²) >= 11 is 0. The molecule has 6 unspecified atom stereocenters. The Balaban J connectivity index is 2.65. The minimum Gasteiger partial charge on any atom is -0.358 e. The molecule has 226 valence electrons. The van der Waals surface area contributed by atoms with Crippen LogP contribution in [0, 0.1) is 35.5 Å². The molecular weight excluding hydrogens is 552 g/mol. The van der Waals surface area contributed by atoms with Crippen molar-refractivity contribution in [2.75, 3.05) is 20.0 Å². The van der Waals surface area contributed by atoms with Gasteiger partial charge >= 0.3 is 24.7 Å². The third-order valence-corrected chi connectivity index (χ3v) is 8.40. The molecule has 2 aliphatic rings. The lowest BCUT2D eigenvalue weighted by molar-refractivity contribution is -0.402. The van der Waals surface area contributed by atoms with Gasteiger partial charge in [-0.25, -0.2) is 0 Å². The number of alkyl halides is 12. The number of halogens is 12. The highest BCUT2D eigenvalue weighted by Gasteiger charge is 2.77. The van der Waals surface area contributed by atoms with Gasteiger partial charge in [-0.2, -0.15) is 52.7 Å². The van der Waals surface area contributed by atoms with Gasteiger partial charge in [-0.15, -0.1) is 0 Å². The highest BCUT2D eigenvalue weighted by molar-refractivity contribution is 5.10. The molecule has 0 N–H and O–H groups in total. The van der Waals surface area contributed by atoms with Crippen LogP contribution in [0.4, 0.5) is 52.7 Å². The Hall–Kier alpha value is -0.960. The molecule has 38 heavy (non-hydrogen) atoms. The first-order chi connectivity index (χ1) is 17.1. The molecule has 2 saturated carbocycles. The second-order valence-electron chi connectivity index (χ2n) is 10.3. The Bertz CT molecular complexity index is 746. The van der Waals surface area contributed by atoms with E-state index in [1.807, 2.05) is 0 Å². The fourth-order valence-corrected chi connectivity index (χ4v) is 6.29. The molecule has 3 nitrogen and oxygen atoms in total. The highest BCUT2D eigenvalue weighted by atomic mass is 19.4. The summed E-state index contributed by atoms with van der Waals surface area (Å²) in [6.45, 7) is 2.90. The van der Waals surface area contributed by atoms with Crippen molar-refractivity contribution in [2.24, 2.45) is 35.5 Å². The molecule has 15 heteroatoms. The standard InChI is InChI=1S/C23H32F12O3/c1-5-7-37-18(20(24,25)26,21(27,28)29)9-16-14-8-15(13(4)12(14)3)17(16)10-19(22(30,31)32,23(33,34)35)38-11-36-6-2/h12-17H,5-11H2,1-4H3. The van der Waals surface area contributed by atoms with E-state index < -0.39 is 97.7 Å². The summed E-state index contributed by atoms with van der Waals surface area (Å²) in [5.74, 6) is -6.63. The lowest BCUT2D eigenvalue weighted by Gasteiger charge is -2.47. The Labute approximate surface area is 212 Å². The predicted molar refractivity (Wildman–Crippen MR) is 110 cm³/mol. The van der Waals surface area contributed by atoms with E-state index in [-0.39, 0.29) is 19.4 Å². The van der Waals surface area contributed by atoms with Crippen LogP contribution >= 0.6 is 0 Å². The predicted octanol–water partition coefficient (Wildman–Crippen LogP) is 8.08. The van der Waals surface area contributed by atoms with Crippen molar-refractivity contribution < 1.29 is 66.9 Å². The minimum atomic E-state index is -6.09. The number of rotatable bonds is 11. The largest absolute Gasteiger partial charge is 0.426 e. The van der Waals surface area contributed by atoms with Gasteiger partial charge in [-0.1, -0.05) is 20.8 Å². The van der Waals surface area contributed by atoms with E-state index in [2.05, 4.69) is 14.2 Å². The van der Waals surface area contributed by atoms with Crippen molar-refractivity contribution in [1.82, 2.24) is 0 Å². The third-order valence-electron chi connectivity index (χ3n) is 8.40. The molecule has 0 aromatic carbocycles. The zero-order valence-corrected chi connectivity index (χ0v) is 21.2. The maximum absolute atomic E-state index is 14.1. The van der Waals surface area contributed by atoms with E-state index >= 15 is 0 Å². The molecule has 2 fully saturated rings. The number of hydrogen-bond acceptors (Lipinski definition) is 3. The van der Waals surface area contributed by atoms with Gasteiger partial charge in [-0.05, 0) is 68.1 Å². The van der Waals surface area contributed by atoms with Crippen LogP contribution in [0.3, 0.4) is 0 Å². The molecule has 0 heterocycles. The molecule has 2 rings (SSSR count). The smallest absolute Gasteiger partial charge is 0.358 e. The number of ether oxygens (including phenoxy) is 3. The van der Waals surface area contributed by atoms with Crippen LogP contribution in [0.15, 0.2) is 0 Å². The van der Waals surface area contributed by atoms with Gasteiger partial charge in [0.25, 0.3) is 11.2 Å². The van der Waals surface area contributed by atoms with E-state index in [1.165, 1.54) is 27.7 Å². The average molecular weight is 584 g/mol. The van der Waals surface area contributed by atoms with Gasteiger partial charge < -0.3 is 14.2 Å². The Morgan fingerprint density at radius 2 is 0.974 bits per heavy atom. The summed E-state index contributed by atoms with van der Waals surface area (Å²) in [5, 5.41) is 0. The maximum atomic E-state index is 14.1. The van der Waals surface area contributed by atoms with Crippen LogP contribution < -0.4 is 0 Å². The second kappa shape index (κ2) is 11.1.